The molecule has 5 heteroatoms. The Hall–Kier alpha value is -1.62. The first-order valence-corrected chi connectivity index (χ1v) is 7.76. The summed E-state index contributed by atoms with van der Waals surface area (Å²) in [6.45, 7) is 8.37. The minimum absolute atomic E-state index is 0.0251. The maximum atomic E-state index is 6.10. The molecular weight excluding hydrogens is 264 g/mol. The lowest BCUT2D eigenvalue weighted by Gasteiger charge is -2.41. The summed E-state index contributed by atoms with van der Waals surface area (Å²) in [7, 11) is 0. The van der Waals surface area contributed by atoms with Crippen molar-refractivity contribution in [3.05, 3.63) is 23.9 Å². The minimum Gasteiger partial charge on any atom is -0.371 e. The van der Waals surface area contributed by atoms with Crippen molar-refractivity contribution in [1.29, 1.82) is 0 Å². The highest BCUT2D eigenvalue weighted by Crippen LogP contribution is 2.37. The largest absolute Gasteiger partial charge is 0.371 e. The number of aryl methyl sites for hydroxylation is 1. The molecule has 1 aliphatic carbocycles. The number of hydrogen-bond donors (Lipinski definition) is 1. The second-order valence-electron chi connectivity index (χ2n) is 6.12. The molecule has 0 radical (unpaired) electrons. The predicted octanol–water partition coefficient (Wildman–Crippen LogP) is 2.25. The van der Waals surface area contributed by atoms with Crippen LogP contribution in [0.5, 0.6) is 0 Å². The highest BCUT2D eigenvalue weighted by atomic mass is 16.5. The molecule has 0 aromatic carbocycles. The fraction of sp³-hybridized carbons (Fsp3) is 0.625. The van der Waals surface area contributed by atoms with E-state index >= 15 is 0 Å². The summed E-state index contributed by atoms with van der Waals surface area (Å²) in [5.74, 6) is 1.32. The Kier molecular flexibility index (Phi) is 3.85. The van der Waals surface area contributed by atoms with Crippen molar-refractivity contribution in [2.75, 3.05) is 30.3 Å². The van der Waals surface area contributed by atoms with Gasteiger partial charge in [0.1, 0.15) is 5.82 Å². The van der Waals surface area contributed by atoms with Crippen LogP contribution in [0, 0.1) is 6.92 Å². The Morgan fingerprint density at radius 2 is 2.14 bits per heavy atom. The maximum absolute atomic E-state index is 6.10. The number of nitrogen functional groups attached to an aromatic ring is 1. The number of rotatable bonds is 3. The molecule has 2 N–H and O–H groups in total. The van der Waals surface area contributed by atoms with Crippen molar-refractivity contribution in [2.45, 2.75) is 44.6 Å². The van der Waals surface area contributed by atoms with Crippen LogP contribution in [0.2, 0.25) is 0 Å². The van der Waals surface area contributed by atoms with E-state index in [2.05, 4.69) is 21.4 Å². The first-order chi connectivity index (χ1) is 10.1. The lowest BCUT2D eigenvalue weighted by atomic mass is 9.99. The van der Waals surface area contributed by atoms with Crippen molar-refractivity contribution in [3.63, 3.8) is 0 Å². The van der Waals surface area contributed by atoms with Crippen molar-refractivity contribution in [3.8, 4) is 0 Å². The van der Waals surface area contributed by atoms with Gasteiger partial charge in [-0.3, -0.25) is 0 Å². The van der Waals surface area contributed by atoms with Gasteiger partial charge in [0.25, 0.3) is 0 Å². The first-order valence-electron chi connectivity index (χ1n) is 7.76. The highest BCUT2D eigenvalue weighted by Gasteiger charge is 2.40. The van der Waals surface area contributed by atoms with Crippen LogP contribution in [0.4, 0.5) is 11.8 Å². The summed E-state index contributed by atoms with van der Waals surface area (Å²) in [5.41, 5.74) is 7.98. The molecule has 0 amide bonds. The van der Waals surface area contributed by atoms with Crippen LogP contribution in [-0.2, 0) is 11.2 Å². The summed E-state index contributed by atoms with van der Waals surface area (Å²) in [6, 6.07) is 0. The third kappa shape index (κ3) is 2.75. The molecule has 1 saturated carbocycles. The van der Waals surface area contributed by atoms with Gasteiger partial charge in [-0.15, -0.1) is 6.58 Å². The number of hydrogen-bond acceptors (Lipinski definition) is 5. The van der Waals surface area contributed by atoms with Gasteiger partial charge < -0.3 is 15.4 Å². The monoisotopic (exact) mass is 288 g/mol. The number of morpholine rings is 1. The number of aromatic nitrogens is 2. The first kappa shape index (κ1) is 14.3. The molecule has 2 aliphatic rings. The molecular formula is C16H24N4O. The average molecular weight is 288 g/mol. The van der Waals surface area contributed by atoms with E-state index in [-0.39, 0.29) is 5.60 Å². The Labute approximate surface area is 126 Å². The fourth-order valence-corrected chi connectivity index (χ4v) is 3.59. The van der Waals surface area contributed by atoms with Gasteiger partial charge in [-0.25, -0.2) is 4.98 Å². The summed E-state index contributed by atoms with van der Waals surface area (Å²) in [5, 5.41) is 0. The normalized spacial score (nSPS) is 20.9. The number of nitrogens with two attached hydrogens (primary N) is 1. The minimum atomic E-state index is 0.0251. The molecule has 2 fully saturated rings. The lowest BCUT2D eigenvalue weighted by Crippen LogP contribution is -2.51. The molecule has 0 unspecified atom stereocenters. The average Bonchev–Trinajstić information content (AvgIpc) is 2.89. The molecule has 21 heavy (non-hydrogen) atoms. The molecule has 1 saturated heterocycles. The molecule has 3 rings (SSSR count). The molecule has 5 nitrogen and oxygen atoms in total. The smallest absolute Gasteiger partial charge is 0.222 e. The Morgan fingerprint density at radius 3 is 2.86 bits per heavy atom. The lowest BCUT2D eigenvalue weighted by molar-refractivity contribution is -0.0503. The SMILES string of the molecule is C=CCc1c(C)nc(N)nc1N1CCOC2(CCCC2)C1. The van der Waals surface area contributed by atoms with Crippen molar-refractivity contribution in [2.24, 2.45) is 0 Å². The predicted molar refractivity (Wildman–Crippen MR) is 84.4 cm³/mol. The van der Waals surface area contributed by atoms with Crippen LogP contribution < -0.4 is 10.6 Å². The van der Waals surface area contributed by atoms with Gasteiger partial charge in [-0.05, 0) is 26.2 Å². The van der Waals surface area contributed by atoms with Gasteiger partial charge in [0.05, 0.1) is 12.2 Å². The molecule has 114 valence electrons. The van der Waals surface area contributed by atoms with Crippen molar-refractivity contribution >= 4 is 11.8 Å². The standard InChI is InChI=1S/C16H24N4O/c1-3-6-13-12(2)18-15(17)19-14(13)20-9-10-21-16(11-20)7-4-5-8-16/h3H,1,4-11H2,2H3,(H2,17,18,19). The van der Waals surface area contributed by atoms with Gasteiger partial charge in [-0.1, -0.05) is 18.9 Å². The molecule has 1 spiro atoms. The summed E-state index contributed by atoms with van der Waals surface area (Å²) in [4.78, 5) is 11.1. The zero-order valence-corrected chi connectivity index (χ0v) is 12.8. The molecule has 2 heterocycles. The van der Waals surface area contributed by atoms with Crippen LogP contribution in [0.1, 0.15) is 36.9 Å². The van der Waals surface area contributed by atoms with Gasteiger partial charge in [-0.2, -0.15) is 4.98 Å². The van der Waals surface area contributed by atoms with E-state index in [1.54, 1.807) is 0 Å². The van der Waals surface area contributed by atoms with E-state index < -0.39 is 0 Å². The summed E-state index contributed by atoms with van der Waals surface area (Å²) in [6.07, 6.45) is 7.50. The number of anilines is 2. The van der Waals surface area contributed by atoms with Crippen molar-refractivity contribution < 1.29 is 4.74 Å². The van der Waals surface area contributed by atoms with E-state index in [4.69, 9.17) is 10.5 Å². The van der Waals surface area contributed by atoms with Crippen LogP contribution in [-0.4, -0.2) is 35.3 Å². The van der Waals surface area contributed by atoms with Crippen LogP contribution in [0.15, 0.2) is 12.7 Å². The maximum Gasteiger partial charge on any atom is 0.222 e. The van der Waals surface area contributed by atoms with Crippen LogP contribution >= 0.6 is 0 Å². The summed E-state index contributed by atoms with van der Waals surface area (Å²) < 4.78 is 6.10. The Bertz CT molecular complexity index is 537. The summed E-state index contributed by atoms with van der Waals surface area (Å²) >= 11 is 0. The van der Waals surface area contributed by atoms with E-state index in [9.17, 15) is 0 Å². The van der Waals surface area contributed by atoms with Crippen LogP contribution in [0.3, 0.4) is 0 Å². The third-order valence-electron chi connectivity index (χ3n) is 4.62. The molecule has 0 bridgehead atoms. The molecule has 1 aliphatic heterocycles. The molecule has 1 aromatic heterocycles. The molecule has 1 aromatic rings. The number of allylic oxidation sites excluding steroid dienone is 1. The van der Waals surface area contributed by atoms with Crippen LogP contribution in [0.25, 0.3) is 0 Å². The van der Waals surface area contributed by atoms with Gasteiger partial charge >= 0.3 is 0 Å². The quantitative estimate of drug-likeness (QED) is 0.864. The van der Waals surface area contributed by atoms with E-state index in [0.717, 1.165) is 56.0 Å². The number of nitrogens with zero attached hydrogens (tertiary/aromatic N) is 3. The van der Waals surface area contributed by atoms with Crippen molar-refractivity contribution in [1.82, 2.24) is 9.97 Å². The Balaban J connectivity index is 1.93. The highest BCUT2D eigenvalue weighted by molar-refractivity contribution is 5.53. The third-order valence-corrected chi connectivity index (χ3v) is 4.62. The van der Waals surface area contributed by atoms with Gasteiger partial charge in [0.2, 0.25) is 5.95 Å². The zero-order chi connectivity index (χ0) is 14.9. The van der Waals surface area contributed by atoms with Gasteiger partial charge in [0, 0.05) is 24.3 Å². The topological polar surface area (TPSA) is 64.3 Å². The van der Waals surface area contributed by atoms with Gasteiger partial charge in [0.15, 0.2) is 0 Å². The Morgan fingerprint density at radius 1 is 1.38 bits per heavy atom. The fourth-order valence-electron chi connectivity index (χ4n) is 3.59. The molecule has 0 atom stereocenters. The zero-order valence-electron chi connectivity index (χ0n) is 12.8. The van der Waals surface area contributed by atoms with E-state index in [1.165, 1.54) is 12.8 Å². The second-order valence-corrected chi connectivity index (χ2v) is 6.12. The second kappa shape index (κ2) is 5.64. The van der Waals surface area contributed by atoms with E-state index in [0.29, 0.717) is 5.95 Å². The van der Waals surface area contributed by atoms with E-state index in [1.807, 2.05) is 13.0 Å². The number of ether oxygens (including phenoxy) is 1.